The number of ether oxygens (including phenoxy) is 1. The fraction of sp³-hybridized carbons (Fsp3) is 1.00. The van der Waals surface area contributed by atoms with Crippen LogP contribution in [0, 0.1) is 17.8 Å². The van der Waals surface area contributed by atoms with Crippen LogP contribution in [0.15, 0.2) is 0 Å². The average molecular weight is 282 g/mol. The number of hydrogen-bond acceptors (Lipinski definition) is 3. The third-order valence-corrected chi connectivity index (χ3v) is 5.17. The van der Waals surface area contributed by atoms with Crippen molar-refractivity contribution in [3.05, 3.63) is 0 Å². The molecule has 0 amide bonds. The van der Waals surface area contributed by atoms with Crippen LogP contribution in [0.3, 0.4) is 0 Å². The maximum atomic E-state index is 5.87. The molecule has 1 heterocycles. The van der Waals surface area contributed by atoms with Crippen molar-refractivity contribution < 1.29 is 4.74 Å². The Morgan fingerprint density at radius 3 is 2.50 bits per heavy atom. The summed E-state index contributed by atoms with van der Waals surface area (Å²) in [6, 6.07) is 0. The van der Waals surface area contributed by atoms with Crippen LogP contribution in [0.5, 0.6) is 0 Å². The molecule has 0 aromatic rings. The second kappa shape index (κ2) is 8.35. The quantitative estimate of drug-likeness (QED) is 0.693. The van der Waals surface area contributed by atoms with Gasteiger partial charge in [-0.15, -0.1) is 0 Å². The normalized spacial score (nSPS) is 28.8. The van der Waals surface area contributed by atoms with Crippen LogP contribution in [0.2, 0.25) is 0 Å². The summed E-state index contributed by atoms with van der Waals surface area (Å²) in [6.45, 7) is 13.8. The van der Waals surface area contributed by atoms with Gasteiger partial charge in [0, 0.05) is 13.1 Å². The summed E-state index contributed by atoms with van der Waals surface area (Å²) in [4.78, 5) is 2.69. The maximum absolute atomic E-state index is 5.87. The van der Waals surface area contributed by atoms with Crippen molar-refractivity contribution in [1.29, 1.82) is 0 Å². The molecule has 2 aliphatic rings. The van der Waals surface area contributed by atoms with E-state index < -0.39 is 0 Å². The Hall–Kier alpha value is -0.120. The van der Waals surface area contributed by atoms with Gasteiger partial charge < -0.3 is 15.0 Å². The van der Waals surface area contributed by atoms with E-state index in [2.05, 4.69) is 31.0 Å². The molecule has 1 aliphatic heterocycles. The Morgan fingerprint density at radius 2 is 1.90 bits per heavy atom. The average Bonchev–Trinajstić information content (AvgIpc) is 2.40. The summed E-state index contributed by atoms with van der Waals surface area (Å²) in [7, 11) is 0. The molecule has 1 saturated carbocycles. The van der Waals surface area contributed by atoms with Gasteiger partial charge in [0.25, 0.3) is 0 Å². The third kappa shape index (κ3) is 5.01. The molecular weight excluding hydrogens is 248 g/mol. The van der Waals surface area contributed by atoms with Crippen LogP contribution in [0.1, 0.15) is 46.5 Å². The first-order chi connectivity index (χ1) is 9.69. The SMILES string of the molecule is CCNCCO[C@H]1C[C@H](CN2CCC(C(C)C)CC2)C1. The third-order valence-electron chi connectivity index (χ3n) is 5.17. The Kier molecular flexibility index (Phi) is 6.79. The fourth-order valence-electron chi connectivity index (χ4n) is 3.60. The van der Waals surface area contributed by atoms with Gasteiger partial charge in [0.05, 0.1) is 12.7 Å². The monoisotopic (exact) mass is 282 g/mol. The van der Waals surface area contributed by atoms with Gasteiger partial charge in [0.2, 0.25) is 0 Å². The zero-order valence-electron chi connectivity index (χ0n) is 13.7. The summed E-state index contributed by atoms with van der Waals surface area (Å²) in [5, 5.41) is 3.31. The molecule has 0 bridgehead atoms. The highest BCUT2D eigenvalue weighted by atomic mass is 16.5. The summed E-state index contributed by atoms with van der Waals surface area (Å²) >= 11 is 0. The number of hydrogen-bond donors (Lipinski definition) is 1. The summed E-state index contributed by atoms with van der Waals surface area (Å²) in [5.74, 6) is 2.74. The van der Waals surface area contributed by atoms with Gasteiger partial charge >= 0.3 is 0 Å². The molecule has 0 unspecified atom stereocenters. The van der Waals surface area contributed by atoms with E-state index in [9.17, 15) is 0 Å². The molecule has 2 rings (SSSR count). The molecule has 20 heavy (non-hydrogen) atoms. The first kappa shape index (κ1) is 16.3. The van der Waals surface area contributed by atoms with Crippen LogP contribution < -0.4 is 5.32 Å². The largest absolute Gasteiger partial charge is 0.377 e. The van der Waals surface area contributed by atoms with Crippen molar-refractivity contribution in [3.8, 4) is 0 Å². The molecule has 3 heteroatoms. The zero-order chi connectivity index (χ0) is 14.4. The van der Waals surface area contributed by atoms with E-state index in [0.29, 0.717) is 6.10 Å². The minimum Gasteiger partial charge on any atom is -0.377 e. The van der Waals surface area contributed by atoms with Gasteiger partial charge in [0.15, 0.2) is 0 Å². The predicted molar refractivity (Wildman–Crippen MR) is 85.0 cm³/mol. The van der Waals surface area contributed by atoms with Crippen molar-refractivity contribution in [2.45, 2.75) is 52.6 Å². The maximum Gasteiger partial charge on any atom is 0.0594 e. The number of likely N-dealkylation sites (tertiary alicyclic amines) is 1. The summed E-state index contributed by atoms with van der Waals surface area (Å²) < 4.78 is 5.87. The Morgan fingerprint density at radius 1 is 1.20 bits per heavy atom. The number of piperidine rings is 1. The van der Waals surface area contributed by atoms with Crippen LogP contribution in [0.25, 0.3) is 0 Å². The van der Waals surface area contributed by atoms with Gasteiger partial charge in [-0.05, 0) is 63.1 Å². The van der Waals surface area contributed by atoms with E-state index in [0.717, 1.165) is 37.5 Å². The zero-order valence-corrected chi connectivity index (χ0v) is 13.7. The lowest BCUT2D eigenvalue weighted by atomic mass is 9.80. The van der Waals surface area contributed by atoms with E-state index >= 15 is 0 Å². The van der Waals surface area contributed by atoms with E-state index in [1.54, 1.807) is 0 Å². The van der Waals surface area contributed by atoms with Gasteiger partial charge in [-0.1, -0.05) is 20.8 Å². The molecule has 1 saturated heterocycles. The number of nitrogens with zero attached hydrogens (tertiary/aromatic N) is 1. The van der Waals surface area contributed by atoms with Gasteiger partial charge in [0.1, 0.15) is 0 Å². The minimum absolute atomic E-state index is 0.548. The van der Waals surface area contributed by atoms with Gasteiger partial charge in [-0.25, -0.2) is 0 Å². The van der Waals surface area contributed by atoms with Crippen molar-refractivity contribution >= 4 is 0 Å². The Bertz CT molecular complexity index is 256. The van der Waals surface area contributed by atoms with Gasteiger partial charge in [-0.2, -0.15) is 0 Å². The second-order valence-electron chi connectivity index (χ2n) is 7.07. The van der Waals surface area contributed by atoms with E-state index in [-0.39, 0.29) is 0 Å². The molecule has 0 aromatic heterocycles. The lowest BCUT2D eigenvalue weighted by Gasteiger charge is -2.41. The van der Waals surface area contributed by atoms with Gasteiger partial charge in [-0.3, -0.25) is 0 Å². The highest BCUT2D eigenvalue weighted by molar-refractivity contribution is 4.84. The predicted octanol–water partition coefficient (Wildman–Crippen LogP) is 2.76. The molecule has 1 N–H and O–H groups in total. The highest BCUT2D eigenvalue weighted by Crippen LogP contribution is 2.32. The van der Waals surface area contributed by atoms with Crippen LogP contribution in [-0.4, -0.2) is 50.3 Å². The molecule has 118 valence electrons. The highest BCUT2D eigenvalue weighted by Gasteiger charge is 2.32. The molecule has 2 fully saturated rings. The van der Waals surface area contributed by atoms with Crippen molar-refractivity contribution in [3.63, 3.8) is 0 Å². The topological polar surface area (TPSA) is 24.5 Å². The summed E-state index contributed by atoms with van der Waals surface area (Å²) in [6.07, 6.45) is 5.94. The van der Waals surface area contributed by atoms with E-state index in [1.165, 1.54) is 45.3 Å². The first-order valence-electron chi connectivity index (χ1n) is 8.73. The van der Waals surface area contributed by atoms with Crippen LogP contribution in [-0.2, 0) is 4.74 Å². The van der Waals surface area contributed by atoms with Crippen molar-refractivity contribution in [2.24, 2.45) is 17.8 Å². The minimum atomic E-state index is 0.548. The number of likely N-dealkylation sites (N-methyl/N-ethyl adjacent to an activating group) is 1. The van der Waals surface area contributed by atoms with Crippen molar-refractivity contribution in [2.75, 3.05) is 39.3 Å². The molecule has 0 spiro atoms. The molecule has 3 nitrogen and oxygen atoms in total. The standard InChI is InChI=1S/C17H34N2O/c1-4-18-7-10-20-17-11-15(12-17)13-19-8-5-16(6-9-19)14(2)3/h14-18H,4-13H2,1-3H3/t15-,17-. The number of nitrogens with one attached hydrogen (secondary N) is 1. The first-order valence-corrected chi connectivity index (χ1v) is 8.73. The lowest BCUT2D eigenvalue weighted by molar-refractivity contribution is -0.0399. The fourth-order valence-corrected chi connectivity index (χ4v) is 3.60. The molecule has 1 aliphatic carbocycles. The van der Waals surface area contributed by atoms with E-state index in [4.69, 9.17) is 4.74 Å². The number of rotatable bonds is 8. The van der Waals surface area contributed by atoms with Crippen molar-refractivity contribution in [1.82, 2.24) is 10.2 Å². The summed E-state index contributed by atoms with van der Waals surface area (Å²) in [5.41, 5.74) is 0. The van der Waals surface area contributed by atoms with Crippen LogP contribution >= 0.6 is 0 Å². The Balaban J connectivity index is 1.50. The second-order valence-corrected chi connectivity index (χ2v) is 7.07. The molecule has 0 aromatic carbocycles. The Labute approximate surface area is 125 Å². The molecular formula is C17H34N2O. The molecule has 0 atom stereocenters. The van der Waals surface area contributed by atoms with Crippen LogP contribution in [0.4, 0.5) is 0 Å². The van der Waals surface area contributed by atoms with E-state index in [1.807, 2.05) is 0 Å². The lowest BCUT2D eigenvalue weighted by Crippen LogP contribution is -2.43. The smallest absolute Gasteiger partial charge is 0.0594 e. The molecule has 0 radical (unpaired) electrons.